The van der Waals surface area contributed by atoms with Gasteiger partial charge in [-0.25, -0.2) is 4.79 Å². The third-order valence-electron chi connectivity index (χ3n) is 7.08. The fraction of sp³-hybridized carbons (Fsp3) is 0.444. The predicted molar refractivity (Wildman–Crippen MR) is 128 cm³/mol. The summed E-state index contributed by atoms with van der Waals surface area (Å²) in [6, 6.07) is 16.5. The lowest BCUT2D eigenvalue weighted by Crippen LogP contribution is -2.47. The lowest BCUT2D eigenvalue weighted by molar-refractivity contribution is -0.154. The molecule has 1 fully saturated rings. The minimum absolute atomic E-state index is 0.0388. The first-order valence-electron chi connectivity index (χ1n) is 12.1. The maximum atomic E-state index is 12.2. The number of rotatable bonds is 11. The molecule has 3 N–H and O–H groups in total. The topological polar surface area (TPSA) is 105 Å². The SMILES string of the molecule is O=C(CCCCCNC(=O)OCC1c2ccccc2-c2ccccc21)NCC1(C(=O)O)CCC1. The summed E-state index contributed by atoms with van der Waals surface area (Å²) in [4.78, 5) is 35.5. The van der Waals surface area contributed by atoms with Crippen LogP contribution in [0.1, 0.15) is 62.0 Å². The van der Waals surface area contributed by atoms with Crippen LogP contribution in [0.5, 0.6) is 0 Å². The number of hydrogen-bond donors (Lipinski definition) is 3. The maximum Gasteiger partial charge on any atom is 0.407 e. The highest BCUT2D eigenvalue weighted by Crippen LogP contribution is 2.44. The lowest BCUT2D eigenvalue weighted by atomic mass is 9.69. The number of hydrogen-bond acceptors (Lipinski definition) is 4. The first-order chi connectivity index (χ1) is 16.5. The summed E-state index contributed by atoms with van der Waals surface area (Å²) in [6.45, 7) is 0.989. The molecule has 7 heteroatoms. The van der Waals surface area contributed by atoms with E-state index in [0.29, 0.717) is 32.2 Å². The molecule has 0 aromatic heterocycles. The number of amides is 2. The van der Waals surface area contributed by atoms with E-state index in [1.807, 2.05) is 24.3 Å². The molecular weight excluding hydrogens is 432 g/mol. The van der Waals surface area contributed by atoms with Gasteiger partial charge in [-0.3, -0.25) is 9.59 Å². The van der Waals surface area contributed by atoms with Crippen molar-refractivity contribution >= 4 is 18.0 Å². The fourth-order valence-electron chi connectivity index (χ4n) is 4.85. The highest BCUT2D eigenvalue weighted by molar-refractivity contribution is 5.80. The summed E-state index contributed by atoms with van der Waals surface area (Å²) in [5, 5.41) is 14.9. The molecule has 2 aromatic rings. The van der Waals surface area contributed by atoms with Gasteiger partial charge in [0.15, 0.2) is 0 Å². The van der Waals surface area contributed by atoms with E-state index in [4.69, 9.17) is 4.74 Å². The first-order valence-corrected chi connectivity index (χ1v) is 12.1. The molecule has 1 saturated carbocycles. The summed E-state index contributed by atoms with van der Waals surface area (Å²) in [7, 11) is 0. The number of carboxylic acid groups (broad SMARTS) is 1. The number of aliphatic carboxylic acids is 1. The minimum atomic E-state index is -0.821. The molecule has 0 unspecified atom stereocenters. The number of carbonyl (C=O) groups is 3. The van der Waals surface area contributed by atoms with E-state index in [0.717, 1.165) is 19.3 Å². The summed E-state index contributed by atoms with van der Waals surface area (Å²) in [5.41, 5.74) is 3.99. The molecule has 180 valence electrons. The highest BCUT2D eigenvalue weighted by atomic mass is 16.5. The molecule has 2 aliphatic carbocycles. The van der Waals surface area contributed by atoms with Crippen molar-refractivity contribution in [3.63, 3.8) is 0 Å². The Morgan fingerprint density at radius 1 is 0.912 bits per heavy atom. The Morgan fingerprint density at radius 3 is 2.15 bits per heavy atom. The number of nitrogens with one attached hydrogen (secondary N) is 2. The Balaban J connectivity index is 1.11. The molecule has 0 aliphatic heterocycles. The number of fused-ring (bicyclic) bond motifs is 3. The van der Waals surface area contributed by atoms with Crippen LogP contribution >= 0.6 is 0 Å². The number of alkyl carbamates (subject to hydrolysis) is 1. The summed E-state index contributed by atoms with van der Waals surface area (Å²) in [6.07, 6.45) is 4.32. The van der Waals surface area contributed by atoms with Gasteiger partial charge in [0.25, 0.3) is 0 Å². The van der Waals surface area contributed by atoms with Crippen molar-refractivity contribution in [3.8, 4) is 11.1 Å². The summed E-state index contributed by atoms with van der Waals surface area (Å²) in [5.74, 6) is -0.896. The van der Waals surface area contributed by atoms with E-state index in [2.05, 4.69) is 34.9 Å². The predicted octanol–water partition coefficient (Wildman–Crippen LogP) is 4.46. The summed E-state index contributed by atoms with van der Waals surface area (Å²) < 4.78 is 5.52. The van der Waals surface area contributed by atoms with Gasteiger partial charge in [0.1, 0.15) is 6.61 Å². The van der Waals surface area contributed by atoms with Gasteiger partial charge in [0.05, 0.1) is 5.41 Å². The largest absolute Gasteiger partial charge is 0.481 e. The van der Waals surface area contributed by atoms with E-state index in [1.165, 1.54) is 22.3 Å². The van der Waals surface area contributed by atoms with Crippen molar-refractivity contribution in [1.29, 1.82) is 0 Å². The van der Waals surface area contributed by atoms with Gasteiger partial charge in [-0.2, -0.15) is 0 Å². The highest BCUT2D eigenvalue weighted by Gasteiger charge is 2.44. The summed E-state index contributed by atoms with van der Waals surface area (Å²) >= 11 is 0. The molecular formula is C27H32N2O5. The second-order valence-electron chi connectivity index (χ2n) is 9.28. The van der Waals surface area contributed by atoms with Gasteiger partial charge >= 0.3 is 12.1 Å². The van der Waals surface area contributed by atoms with Crippen molar-refractivity contribution in [2.24, 2.45) is 5.41 Å². The van der Waals surface area contributed by atoms with Crippen molar-refractivity contribution in [2.75, 3.05) is 19.7 Å². The number of carboxylic acids is 1. The molecule has 0 spiro atoms. The van der Waals surface area contributed by atoms with Crippen LogP contribution in [0, 0.1) is 5.41 Å². The third kappa shape index (κ3) is 5.24. The van der Waals surface area contributed by atoms with Crippen LogP contribution in [0.3, 0.4) is 0 Å². The maximum absolute atomic E-state index is 12.2. The number of unbranched alkanes of at least 4 members (excludes halogenated alkanes) is 2. The minimum Gasteiger partial charge on any atom is -0.481 e. The molecule has 4 rings (SSSR count). The Kier molecular flexibility index (Phi) is 7.50. The van der Waals surface area contributed by atoms with Gasteiger partial charge in [-0.1, -0.05) is 61.4 Å². The first kappa shape index (κ1) is 23.8. The molecule has 7 nitrogen and oxygen atoms in total. The normalized spacial score (nSPS) is 15.5. The van der Waals surface area contributed by atoms with Crippen molar-refractivity contribution in [2.45, 2.75) is 50.9 Å². The second kappa shape index (κ2) is 10.7. The molecule has 2 amide bonds. The standard InChI is InChI=1S/C27H32N2O5/c30-24(29-18-27(25(31)32)14-8-15-27)13-2-1-7-16-28-26(33)34-17-23-21-11-5-3-9-19(21)20-10-4-6-12-22(20)23/h3-6,9-12,23H,1-2,7-8,13-18H2,(H,28,33)(H,29,30)(H,31,32). The Morgan fingerprint density at radius 2 is 1.56 bits per heavy atom. The van der Waals surface area contributed by atoms with Crippen LogP contribution in [-0.4, -0.2) is 42.8 Å². The van der Waals surface area contributed by atoms with Crippen LogP contribution < -0.4 is 10.6 Å². The number of benzene rings is 2. The quantitative estimate of drug-likeness (QED) is 0.426. The Hall–Kier alpha value is -3.35. The van der Waals surface area contributed by atoms with Crippen LogP contribution in [0.4, 0.5) is 4.79 Å². The zero-order valence-corrected chi connectivity index (χ0v) is 19.3. The molecule has 0 atom stereocenters. The van der Waals surface area contributed by atoms with Gasteiger partial charge in [0.2, 0.25) is 5.91 Å². The van der Waals surface area contributed by atoms with E-state index in [9.17, 15) is 19.5 Å². The van der Waals surface area contributed by atoms with Gasteiger partial charge in [-0.15, -0.1) is 0 Å². The number of ether oxygens (including phenoxy) is 1. The van der Waals surface area contributed by atoms with E-state index < -0.39 is 17.5 Å². The Bertz CT molecular complexity index is 1000. The van der Waals surface area contributed by atoms with Gasteiger partial charge < -0.3 is 20.5 Å². The van der Waals surface area contributed by atoms with Crippen LogP contribution in [-0.2, 0) is 14.3 Å². The van der Waals surface area contributed by atoms with E-state index >= 15 is 0 Å². The Labute approximate surface area is 199 Å². The van der Waals surface area contributed by atoms with Crippen LogP contribution in [0.2, 0.25) is 0 Å². The fourth-order valence-corrected chi connectivity index (χ4v) is 4.85. The molecule has 2 aliphatic rings. The van der Waals surface area contributed by atoms with Crippen LogP contribution in [0.25, 0.3) is 11.1 Å². The molecule has 0 heterocycles. The second-order valence-corrected chi connectivity index (χ2v) is 9.28. The van der Waals surface area contributed by atoms with Gasteiger partial charge in [-0.05, 0) is 47.9 Å². The molecule has 34 heavy (non-hydrogen) atoms. The molecule has 2 aromatic carbocycles. The smallest absolute Gasteiger partial charge is 0.407 e. The average Bonchev–Trinajstić information content (AvgIpc) is 3.13. The molecule has 0 radical (unpaired) electrons. The third-order valence-corrected chi connectivity index (χ3v) is 7.08. The van der Waals surface area contributed by atoms with E-state index in [1.54, 1.807) is 0 Å². The zero-order chi connectivity index (χ0) is 24.0. The van der Waals surface area contributed by atoms with Gasteiger partial charge in [0, 0.05) is 25.4 Å². The van der Waals surface area contributed by atoms with Crippen molar-refractivity contribution in [1.82, 2.24) is 10.6 Å². The van der Waals surface area contributed by atoms with Crippen molar-refractivity contribution < 1.29 is 24.2 Å². The molecule has 0 saturated heterocycles. The lowest BCUT2D eigenvalue weighted by Gasteiger charge is -2.37. The average molecular weight is 465 g/mol. The van der Waals surface area contributed by atoms with Crippen molar-refractivity contribution in [3.05, 3.63) is 59.7 Å². The molecule has 0 bridgehead atoms. The van der Waals surface area contributed by atoms with E-state index in [-0.39, 0.29) is 25.0 Å². The monoisotopic (exact) mass is 464 g/mol. The number of carbonyl (C=O) groups excluding carboxylic acids is 2. The van der Waals surface area contributed by atoms with Crippen LogP contribution in [0.15, 0.2) is 48.5 Å². The zero-order valence-electron chi connectivity index (χ0n) is 19.3.